The van der Waals surface area contributed by atoms with E-state index in [9.17, 15) is 27.9 Å². The number of amides is 1. The number of halogens is 3. The van der Waals surface area contributed by atoms with Crippen molar-refractivity contribution in [1.29, 1.82) is 0 Å². The Balaban J connectivity index is 2.61. The maximum atomic E-state index is 12.0. The number of alkyl halides is 3. The molecule has 1 unspecified atom stereocenters. The third-order valence-corrected chi connectivity index (χ3v) is 2.64. The van der Waals surface area contributed by atoms with E-state index in [1.165, 1.54) is 0 Å². The Morgan fingerprint density at radius 3 is 2.18 bits per heavy atom. The van der Waals surface area contributed by atoms with Gasteiger partial charge in [-0.1, -0.05) is 0 Å². The van der Waals surface area contributed by atoms with Crippen LogP contribution >= 0.6 is 0 Å². The fourth-order valence-electron chi connectivity index (χ4n) is 1.46. The highest BCUT2D eigenvalue weighted by Gasteiger charge is 2.45. The molecule has 1 fully saturated rings. The molecule has 0 bridgehead atoms. The molecule has 1 rings (SSSR count). The Morgan fingerprint density at radius 1 is 1.35 bits per heavy atom. The standard InChI is InChI=1S/C9H12F3NO4/c10-9(11,12)4-5(6(14)15)13-7(16)8(17)2-1-3-8/h5,17H,1-4H2,(H,13,16)(H,14,15). The van der Waals surface area contributed by atoms with E-state index in [-0.39, 0.29) is 12.8 Å². The highest BCUT2D eigenvalue weighted by molar-refractivity contribution is 5.89. The number of carbonyl (C=O) groups is 2. The summed E-state index contributed by atoms with van der Waals surface area (Å²) in [6.45, 7) is 0. The predicted molar refractivity (Wildman–Crippen MR) is 49.0 cm³/mol. The van der Waals surface area contributed by atoms with Gasteiger partial charge < -0.3 is 15.5 Å². The summed E-state index contributed by atoms with van der Waals surface area (Å²) in [4.78, 5) is 21.9. The Hall–Kier alpha value is -1.31. The summed E-state index contributed by atoms with van der Waals surface area (Å²) in [5, 5.41) is 19.8. The molecule has 17 heavy (non-hydrogen) atoms. The second-order valence-corrected chi connectivity index (χ2v) is 4.07. The van der Waals surface area contributed by atoms with Crippen molar-refractivity contribution in [1.82, 2.24) is 5.32 Å². The number of hydrogen-bond donors (Lipinski definition) is 3. The molecule has 1 saturated carbocycles. The van der Waals surface area contributed by atoms with Gasteiger partial charge in [0.1, 0.15) is 11.6 Å². The lowest BCUT2D eigenvalue weighted by atomic mass is 9.79. The van der Waals surface area contributed by atoms with E-state index in [4.69, 9.17) is 5.11 Å². The van der Waals surface area contributed by atoms with Crippen molar-refractivity contribution in [3.05, 3.63) is 0 Å². The van der Waals surface area contributed by atoms with Crippen LogP contribution in [-0.4, -0.2) is 39.9 Å². The fraction of sp³-hybridized carbons (Fsp3) is 0.778. The van der Waals surface area contributed by atoms with Gasteiger partial charge >= 0.3 is 12.1 Å². The minimum absolute atomic E-state index is 0.136. The second-order valence-electron chi connectivity index (χ2n) is 4.07. The first kappa shape index (κ1) is 13.8. The van der Waals surface area contributed by atoms with Crippen molar-refractivity contribution in [3.63, 3.8) is 0 Å². The van der Waals surface area contributed by atoms with E-state index < -0.39 is 36.1 Å². The second kappa shape index (κ2) is 4.52. The van der Waals surface area contributed by atoms with Gasteiger partial charge in [-0.2, -0.15) is 13.2 Å². The molecular formula is C9H12F3NO4. The van der Waals surface area contributed by atoms with Gasteiger partial charge in [0.15, 0.2) is 0 Å². The average molecular weight is 255 g/mol. The van der Waals surface area contributed by atoms with Gasteiger partial charge in [-0.3, -0.25) is 4.79 Å². The molecule has 0 aromatic rings. The molecule has 8 heteroatoms. The molecule has 5 nitrogen and oxygen atoms in total. The van der Waals surface area contributed by atoms with Crippen molar-refractivity contribution in [2.75, 3.05) is 0 Å². The molecule has 1 aliphatic carbocycles. The molecule has 1 aliphatic rings. The molecule has 0 aromatic carbocycles. The number of carboxylic acids is 1. The van der Waals surface area contributed by atoms with Gasteiger partial charge in [-0.25, -0.2) is 4.79 Å². The van der Waals surface area contributed by atoms with Gasteiger partial charge in [0.05, 0.1) is 6.42 Å². The van der Waals surface area contributed by atoms with E-state index in [1.54, 1.807) is 5.32 Å². The topological polar surface area (TPSA) is 86.6 Å². The Kier molecular flexibility index (Phi) is 3.65. The molecule has 3 N–H and O–H groups in total. The lowest BCUT2D eigenvalue weighted by Crippen LogP contribution is -2.56. The van der Waals surface area contributed by atoms with Crippen LogP contribution in [0.1, 0.15) is 25.7 Å². The number of aliphatic hydroxyl groups is 1. The zero-order valence-electron chi connectivity index (χ0n) is 8.75. The van der Waals surface area contributed by atoms with E-state index in [0.29, 0.717) is 6.42 Å². The van der Waals surface area contributed by atoms with Gasteiger partial charge in [-0.05, 0) is 19.3 Å². The van der Waals surface area contributed by atoms with Crippen LogP contribution in [0.2, 0.25) is 0 Å². The van der Waals surface area contributed by atoms with Crippen LogP contribution < -0.4 is 5.32 Å². The minimum Gasteiger partial charge on any atom is -0.480 e. The molecular weight excluding hydrogens is 243 g/mol. The van der Waals surface area contributed by atoms with Crippen LogP contribution in [0.5, 0.6) is 0 Å². The SMILES string of the molecule is O=C(O)C(CC(F)(F)F)NC(=O)C1(O)CCC1. The molecule has 0 saturated heterocycles. The van der Waals surface area contributed by atoms with Gasteiger partial charge in [0, 0.05) is 0 Å². The largest absolute Gasteiger partial charge is 0.480 e. The van der Waals surface area contributed by atoms with E-state index in [0.717, 1.165) is 0 Å². The first-order valence-electron chi connectivity index (χ1n) is 4.97. The zero-order valence-corrected chi connectivity index (χ0v) is 8.75. The van der Waals surface area contributed by atoms with Crippen molar-refractivity contribution in [2.45, 2.75) is 43.5 Å². The first-order valence-corrected chi connectivity index (χ1v) is 4.97. The number of carbonyl (C=O) groups excluding carboxylic acids is 1. The van der Waals surface area contributed by atoms with Gasteiger partial charge in [-0.15, -0.1) is 0 Å². The highest BCUT2D eigenvalue weighted by Crippen LogP contribution is 2.32. The maximum Gasteiger partial charge on any atom is 0.391 e. The summed E-state index contributed by atoms with van der Waals surface area (Å²) < 4.78 is 36.1. The third-order valence-electron chi connectivity index (χ3n) is 2.64. The molecule has 0 aromatic heterocycles. The molecule has 1 amide bonds. The number of nitrogens with one attached hydrogen (secondary N) is 1. The summed E-state index contributed by atoms with van der Waals surface area (Å²) in [5.41, 5.74) is -1.71. The number of hydrogen-bond acceptors (Lipinski definition) is 3. The lowest BCUT2D eigenvalue weighted by molar-refractivity contribution is -0.165. The monoisotopic (exact) mass is 255 g/mol. The average Bonchev–Trinajstić information content (AvgIpc) is 2.10. The first-order chi connectivity index (χ1) is 7.64. The Labute approximate surface area is 94.6 Å². The van der Waals surface area contributed by atoms with Crippen LogP contribution in [0.4, 0.5) is 13.2 Å². The van der Waals surface area contributed by atoms with E-state index in [2.05, 4.69) is 0 Å². The summed E-state index contributed by atoms with van der Waals surface area (Å²) in [7, 11) is 0. The van der Waals surface area contributed by atoms with Crippen molar-refractivity contribution in [2.24, 2.45) is 0 Å². The van der Waals surface area contributed by atoms with Crippen molar-refractivity contribution >= 4 is 11.9 Å². The molecule has 98 valence electrons. The summed E-state index contributed by atoms with van der Waals surface area (Å²) in [6, 6.07) is -2.06. The Morgan fingerprint density at radius 2 is 1.88 bits per heavy atom. The summed E-state index contributed by atoms with van der Waals surface area (Å²) >= 11 is 0. The molecule has 0 aliphatic heterocycles. The Bertz CT molecular complexity index is 325. The molecule has 0 heterocycles. The number of carboxylic acid groups (broad SMARTS) is 1. The smallest absolute Gasteiger partial charge is 0.391 e. The fourth-order valence-corrected chi connectivity index (χ4v) is 1.46. The van der Waals surface area contributed by atoms with Crippen molar-refractivity contribution in [3.8, 4) is 0 Å². The maximum absolute atomic E-state index is 12.0. The summed E-state index contributed by atoms with van der Waals surface area (Å²) in [6.07, 6.45) is -5.50. The van der Waals surface area contributed by atoms with Crippen LogP contribution in [0, 0.1) is 0 Å². The van der Waals surface area contributed by atoms with Crippen LogP contribution in [0.3, 0.4) is 0 Å². The molecule has 1 atom stereocenters. The third kappa shape index (κ3) is 3.58. The normalized spacial score (nSPS) is 20.2. The number of aliphatic carboxylic acids is 1. The predicted octanol–water partition coefficient (Wildman–Crippen LogP) is 0.423. The quantitative estimate of drug-likeness (QED) is 0.679. The zero-order chi connectivity index (χ0) is 13.3. The molecule has 0 spiro atoms. The summed E-state index contributed by atoms with van der Waals surface area (Å²) in [5.74, 6) is -2.83. The lowest BCUT2D eigenvalue weighted by Gasteiger charge is -2.35. The number of rotatable bonds is 4. The van der Waals surface area contributed by atoms with Gasteiger partial charge in [0.25, 0.3) is 5.91 Å². The molecule has 0 radical (unpaired) electrons. The van der Waals surface area contributed by atoms with E-state index >= 15 is 0 Å². The van der Waals surface area contributed by atoms with Gasteiger partial charge in [0.2, 0.25) is 0 Å². The minimum atomic E-state index is -4.70. The van der Waals surface area contributed by atoms with Crippen molar-refractivity contribution < 1.29 is 33.0 Å². The highest BCUT2D eigenvalue weighted by atomic mass is 19.4. The van der Waals surface area contributed by atoms with Crippen LogP contribution in [0.15, 0.2) is 0 Å². The van der Waals surface area contributed by atoms with Crippen LogP contribution in [0.25, 0.3) is 0 Å². The van der Waals surface area contributed by atoms with E-state index in [1.807, 2.05) is 0 Å². The van der Waals surface area contributed by atoms with Crippen LogP contribution in [-0.2, 0) is 9.59 Å².